The van der Waals surface area contributed by atoms with Gasteiger partial charge in [0.15, 0.2) is 5.79 Å². The topological polar surface area (TPSA) is 18.5 Å². The Morgan fingerprint density at radius 3 is 1.91 bits per heavy atom. The third-order valence-corrected chi connectivity index (χ3v) is 2.18. The van der Waals surface area contributed by atoms with Crippen LogP contribution in [0.3, 0.4) is 0 Å². The molecule has 0 spiro atoms. The summed E-state index contributed by atoms with van der Waals surface area (Å²) >= 11 is 0. The van der Waals surface area contributed by atoms with E-state index in [1.165, 1.54) is 0 Å². The van der Waals surface area contributed by atoms with Gasteiger partial charge in [-0.1, -0.05) is 20.8 Å². The van der Waals surface area contributed by atoms with E-state index in [1.807, 2.05) is 6.92 Å². The molecule has 2 nitrogen and oxygen atoms in total. The molecular weight excluding hydrogens is 140 g/mol. The van der Waals surface area contributed by atoms with Gasteiger partial charge in [0.05, 0.1) is 13.2 Å². The molecule has 1 fully saturated rings. The van der Waals surface area contributed by atoms with Gasteiger partial charge in [0.2, 0.25) is 0 Å². The van der Waals surface area contributed by atoms with E-state index in [-0.39, 0.29) is 11.2 Å². The standard InChI is InChI=1S/C9H18O2/c1-5-9(4)10-6-8(2,3)7-11-9/h5-7H2,1-4H3. The zero-order chi connectivity index (χ0) is 8.54. The second kappa shape index (κ2) is 2.76. The fraction of sp³-hybridized carbons (Fsp3) is 1.00. The lowest BCUT2D eigenvalue weighted by molar-refractivity contribution is -0.290. The fourth-order valence-electron chi connectivity index (χ4n) is 0.984. The van der Waals surface area contributed by atoms with Gasteiger partial charge < -0.3 is 9.47 Å². The zero-order valence-electron chi connectivity index (χ0n) is 7.94. The van der Waals surface area contributed by atoms with E-state index in [0.717, 1.165) is 19.6 Å². The fourth-order valence-corrected chi connectivity index (χ4v) is 0.984. The number of rotatable bonds is 1. The summed E-state index contributed by atoms with van der Waals surface area (Å²) in [5.41, 5.74) is 0.189. The van der Waals surface area contributed by atoms with Crippen LogP contribution in [0.4, 0.5) is 0 Å². The van der Waals surface area contributed by atoms with Crippen LogP contribution in [0.15, 0.2) is 0 Å². The number of hydrogen-bond donors (Lipinski definition) is 0. The molecule has 0 aliphatic carbocycles. The molecule has 0 amide bonds. The summed E-state index contributed by atoms with van der Waals surface area (Å²) in [4.78, 5) is 0. The average Bonchev–Trinajstić information content (AvgIpc) is 1.97. The Hall–Kier alpha value is -0.0800. The lowest BCUT2D eigenvalue weighted by atomic mass is 9.94. The SMILES string of the molecule is CCC1(C)OCC(C)(C)CO1. The smallest absolute Gasteiger partial charge is 0.165 e. The molecule has 11 heavy (non-hydrogen) atoms. The summed E-state index contributed by atoms with van der Waals surface area (Å²) in [5, 5.41) is 0. The van der Waals surface area contributed by atoms with Crippen molar-refractivity contribution in [3.63, 3.8) is 0 Å². The van der Waals surface area contributed by atoms with Crippen molar-refractivity contribution in [1.29, 1.82) is 0 Å². The van der Waals surface area contributed by atoms with Crippen molar-refractivity contribution in [3.8, 4) is 0 Å². The second-order valence-electron chi connectivity index (χ2n) is 4.23. The van der Waals surface area contributed by atoms with Crippen molar-refractivity contribution in [2.75, 3.05) is 13.2 Å². The van der Waals surface area contributed by atoms with E-state index in [9.17, 15) is 0 Å². The first-order valence-electron chi connectivity index (χ1n) is 4.25. The first-order chi connectivity index (χ1) is 4.97. The Morgan fingerprint density at radius 2 is 1.55 bits per heavy atom. The highest BCUT2D eigenvalue weighted by Gasteiger charge is 2.35. The van der Waals surface area contributed by atoms with Crippen LogP contribution in [0, 0.1) is 5.41 Å². The van der Waals surface area contributed by atoms with Gasteiger partial charge >= 0.3 is 0 Å². The highest BCUT2D eigenvalue weighted by molar-refractivity contribution is 4.75. The van der Waals surface area contributed by atoms with Gasteiger partial charge in [0.1, 0.15) is 0 Å². The summed E-state index contributed by atoms with van der Waals surface area (Å²) in [6.45, 7) is 10.00. The van der Waals surface area contributed by atoms with Crippen LogP contribution in [0.1, 0.15) is 34.1 Å². The van der Waals surface area contributed by atoms with E-state index in [2.05, 4.69) is 20.8 Å². The quantitative estimate of drug-likeness (QED) is 0.582. The predicted octanol–water partition coefficient (Wildman–Crippen LogP) is 2.19. The molecule has 0 radical (unpaired) electrons. The minimum atomic E-state index is -0.324. The van der Waals surface area contributed by atoms with E-state index < -0.39 is 0 Å². The molecule has 0 aromatic carbocycles. The van der Waals surface area contributed by atoms with Gasteiger partial charge in [-0.05, 0) is 13.3 Å². The van der Waals surface area contributed by atoms with E-state index >= 15 is 0 Å². The maximum atomic E-state index is 5.61. The molecule has 66 valence electrons. The highest BCUT2D eigenvalue weighted by Crippen LogP contribution is 2.30. The summed E-state index contributed by atoms with van der Waals surface area (Å²) < 4.78 is 11.2. The molecule has 1 heterocycles. The molecule has 1 aliphatic heterocycles. The average molecular weight is 158 g/mol. The molecular formula is C9H18O2. The maximum absolute atomic E-state index is 5.61. The highest BCUT2D eigenvalue weighted by atomic mass is 16.7. The van der Waals surface area contributed by atoms with Crippen molar-refractivity contribution < 1.29 is 9.47 Å². The van der Waals surface area contributed by atoms with E-state index in [4.69, 9.17) is 9.47 Å². The van der Waals surface area contributed by atoms with Gasteiger partial charge in [0, 0.05) is 5.41 Å². The maximum Gasteiger partial charge on any atom is 0.165 e. The van der Waals surface area contributed by atoms with Crippen molar-refractivity contribution >= 4 is 0 Å². The lowest BCUT2D eigenvalue weighted by Gasteiger charge is -2.40. The molecule has 0 saturated carbocycles. The normalized spacial score (nSPS) is 28.4. The number of ether oxygens (including phenoxy) is 2. The predicted molar refractivity (Wildman–Crippen MR) is 44.4 cm³/mol. The summed E-state index contributed by atoms with van der Waals surface area (Å²) in [6.07, 6.45) is 0.920. The molecule has 1 aliphatic rings. The molecule has 0 aromatic heterocycles. The zero-order valence-corrected chi connectivity index (χ0v) is 7.94. The third-order valence-electron chi connectivity index (χ3n) is 2.18. The van der Waals surface area contributed by atoms with Crippen LogP contribution in [-0.2, 0) is 9.47 Å². The van der Waals surface area contributed by atoms with Gasteiger partial charge in [-0.25, -0.2) is 0 Å². The Balaban J connectivity index is 2.48. The van der Waals surface area contributed by atoms with Crippen LogP contribution < -0.4 is 0 Å². The van der Waals surface area contributed by atoms with Crippen molar-refractivity contribution in [3.05, 3.63) is 0 Å². The molecule has 0 aromatic rings. The third kappa shape index (κ3) is 2.17. The Kier molecular flexibility index (Phi) is 2.26. The van der Waals surface area contributed by atoms with Gasteiger partial charge in [0.25, 0.3) is 0 Å². The second-order valence-corrected chi connectivity index (χ2v) is 4.23. The van der Waals surface area contributed by atoms with Crippen molar-refractivity contribution in [1.82, 2.24) is 0 Å². The Morgan fingerprint density at radius 1 is 1.09 bits per heavy atom. The van der Waals surface area contributed by atoms with Crippen molar-refractivity contribution in [2.24, 2.45) is 5.41 Å². The molecule has 2 heteroatoms. The molecule has 0 bridgehead atoms. The minimum Gasteiger partial charge on any atom is -0.350 e. The molecule has 1 saturated heterocycles. The van der Waals surface area contributed by atoms with Crippen molar-refractivity contribution in [2.45, 2.75) is 39.9 Å². The number of hydrogen-bond acceptors (Lipinski definition) is 2. The Bertz CT molecular complexity index is 130. The first-order valence-corrected chi connectivity index (χ1v) is 4.25. The molecule has 0 N–H and O–H groups in total. The summed E-state index contributed by atoms with van der Waals surface area (Å²) in [7, 11) is 0. The summed E-state index contributed by atoms with van der Waals surface area (Å²) in [5.74, 6) is -0.324. The van der Waals surface area contributed by atoms with Crippen LogP contribution in [0.5, 0.6) is 0 Å². The Labute approximate surface area is 68.9 Å². The monoisotopic (exact) mass is 158 g/mol. The molecule has 0 unspecified atom stereocenters. The van der Waals surface area contributed by atoms with Crippen LogP contribution in [0.25, 0.3) is 0 Å². The van der Waals surface area contributed by atoms with Gasteiger partial charge in [-0.15, -0.1) is 0 Å². The van der Waals surface area contributed by atoms with E-state index in [1.54, 1.807) is 0 Å². The molecule has 0 atom stereocenters. The summed E-state index contributed by atoms with van der Waals surface area (Å²) in [6, 6.07) is 0. The van der Waals surface area contributed by atoms with Crippen LogP contribution in [0.2, 0.25) is 0 Å². The van der Waals surface area contributed by atoms with Crippen LogP contribution >= 0.6 is 0 Å². The lowest BCUT2D eigenvalue weighted by Crippen LogP contribution is -2.45. The van der Waals surface area contributed by atoms with Crippen LogP contribution in [-0.4, -0.2) is 19.0 Å². The largest absolute Gasteiger partial charge is 0.350 e. The first kappa shape index (κ1) is 9.01. The minimum absolute atomic E-state index is 0.189. The van der Waals surface area contributed by atoms with Gasteiger partial charge in [-0.3, -0.25) is 0 Å². The molecule has 1 rings (SSSR count). The van der Waals surface area contributed by atoms with Gasteiger partial charge in [-0.2, -0.15) is 0 Å². The van der Waals surface area contributed by atoms with E-state index in [0.29, 0.717) is 0 Å².